The van der Waals surface area contributed by atoms with Gasteiger partial charge in [0.05, 0.1) is 32.2 Å². The molecule has 0 saturated carbocycles. The van der Waals surface area contributed by atoms with E-state index in [0.29, 0.717) is 17.2 Å². The molecular formula is C21H28N2O5S. The topological polar surface area (TPSA) is 84.9 Å². The van der Waals surface area contributed by atoms with Gasteiger partial charge in [-0.3, -0.25) is 9.10 Å². The van der Waals surface area contributed by atoms with Gasteiger partial charge in [0.1, 0.15) is 18.0 Å². The Morgan fingerprint density at radius 2 is 1.79 bits per heavy atom. The van der Waals surface area contributed by atoms with Crippen LogP contribution in [0.1, 0.15) is 29.7 Å². The number of carbonyl (C=O) groups is 1. The second-order valence-electron chi connectivity index (χ2n) is 6.96. The number of amides is 1. The van der Waals surface area contributed by atoms with E-state index in [9.17, 15) is 13.2 Å². The third kappa shape index (κ3) is 5.63. The van der Waals surface area contributed by atoms with Gasteiger partial charge in [0.25, 0.3) is 0 Å². The van der Waals surface area contributed by atoms with Gasteiger partial charge in [-0.05, 0) is 56.2 Å². The maximum absolute atomic E-state index is 12.7. The standard InChI is InChI=1S/C21H28N2O5S/c1-14-7-8-15(2)19(11-14)23(29(6,25)26)13-21(24)22-16(3)18-12-17(27-4)9-10-20(18)28-5/h7-12,16H,13H2,1-6H3,(H,22,24)/t16-/m1/s1. The highest BCUT2D eigenvalue weighted by atomic mass is 32.2. The highest BCUT2D eigenvalue weighted by Gasteiger charge is 2.24. The van der Waals surface area contributed by atoms with Crippen molar-refractivity contribution in [2.75, 3.05) is 31.3 Å². The zero-order valence-corrected chi connectivity index (χ0v) is 18.5. The summed E-state index contributed by atoms with van der Waals surface area (Å²) >= 11 is 0. The van der Waals surface area contributed by atoms with E-state index < -0.39 is 22.0 Å². The van der Waals surface area contributed by atoms with Gasteiger partial charge in [-0.1, -0.05) is 12.1 Å². The van der Waals surface area contributed by atoms with E-state index in [0.717, 1.165) is 27.3 Å². The number of carbonyl (C=O) groups excluding carboxylic acids is 1. The number of methoxy groups -OCH3 is 2. The molecule has 1 N–H and O–H groups in total. The lowest BCUT2D eigenvalue weighted by atomic mass is 10.1. The van der Waals surface area contributed by atoms with E-state index in [1.807, 2.05) is 26.0 Å². The van der Waals surface area contributed by atoms with E-state index in [-0.39, 0.29) is 6.54 Å². The van der Waals surface area contributed by atoms with Crippen LogP contribution in [-0.2, 0) is 14.8 Å². The highest BCUT2D eigenvalue weighted by Crippen LogP contribution is 2.29. The van der Waals surface area contributed by atoms with Crippen LogP contribution < -0.4 is 19.1 Å². The quantitative estimate of drug-likeness (QED) is 0.710. The molecule has 0 radical (unpaired) electrons. The molecule has 0 aliphatic heterocycles. The Morgan fingerprint density at radius 3 is 2.38 bits per heavy atom. The van der Waals surface area contributed by atoms with Crippen LogP contribution in [0.3, 0.4) is 0 Å². The van der Waals surface area contributed by atoms with Crippen LogP contribution in [0.2, 0.25) is 0 Å². The summed E-state index contributed by atoms with van der Waals surface area (Å²) in [5.74, 6) is 0.817. The lowest BCUT2D eigenvalue weighted by molar-refractivity contribution is -0.120. The SMILES string of the molecule is COc1ccc(OC)c([C@@H](C)NC(=O)CN(c2cc(C)ccc2C)S(C)(=O)=O)c1. The number of sulfonamides is 1. The van der Waals surface area contributed by atoms with Crippen LogP contribution in [-0.4, -0.2) is 41.3 Å². The van der Waals surface area contributed by atoms with E-state index in [4.69, 9.17) is 9.47 Å². The van der Waals surface area contributed by atoms with E-state index in [2.05, 4.69) is 5.32 Å². The number of anilines is 1. The van der Waals surface area contributed by atoms with Gasteiger partial charge in [-0.2, -0.15) is 0 Å². The number of hydrogen-bond acceptors (Lipinski definition) is 5. The molecule has 0 aliphatic carbocycles. The molecule has 7 nitrogen and oxygen atoms in total. The first-order valence-corrected chi connectivity index (χ1v) is 11.0. The first-order chi connectivity index (χ1) is 13.6. The number of aryl methyl sites for hydroxylation is 2. The van der Waals surface area contributed by atoms with Crippen LogP contribution in [0.5, 0.6) is 11.5 Å². The minimum absolute atomic E-state index is 0.320. The summed E-state index contributed by atoms with van der Waals surface area (Å²) in [4.78, 5) is 12.7. The molecule has 8 heteroatoms. The average Bonchev–Trinajstić information content (AvgIpc) is 2.66. The number of nitrogens with one attached hydrogen (secondary N) is 1. The van der Waals surface area contributed by atoms with E-state index in [1.54, 1.807) is 45.4 Å². The van der Waals surface area contributed by atoms with Gasteiger partial charge in [-0.15, -0.1) is 0 Å². The fraction of sp³-hybridized carbons (Fsp3) is 0.381. The average molecular weight is 421 g/mol. The Balaban J connectivity index is 2.26. The number of hydrogen-bond donors (Lipinski definition) is 1. The van der Waals surface area contributed by atoms with Gasteiger partial charge in [0.2, 0.25) is 15.9 Å². The van der Waals surface area contributed by atoms with E-state index in [1.165, 1.54) is 0 Å². The van der Waals surface area contributed by atoms with Crippen LogP contribution in [0.15, 0.2) is 36.4 Å². The zero-order valence-electron chi connectivity index (χ0n) is 17.6. The number of rotatable bonds is 8. The molecule has 0 fully saturated rings. The van der Waals surface area contributed by atoms with Crippen molar-refractivity contribution in [1.82, 2.24) is 5.32 Å². The van der Waals surface area contributed by atoms with Crippen LogP contribution in [0.25, 0.3) is 0 Å². The third-order valence-electron chi connectivity index (χ3n) is 4.60. The first-order valence-electron chi connectivity index (χ1n) is 9.13. The lowest BCUT2D eigenvalue weighted by Crippen LogP contribution is -2.41. The van der Waals surface area contributed by atoms with Gasteiger partial charge < -0.3 is 14.8 Å². The molecule has 2 rings (SSSR count). The first kappa shape index (κ1) is 22.5. The van der Waals surface area contributed by atoms with Crippen molar-refractivity contribution in [1.29, 1.82) is 0 Å². The number of nitrogens with zero attached hydrogens (tertiary/aromatic N) is 1. The Hall–Kier alpha value is -2.74. The summed E-state index contributed by atoms with van der Waals surface area (Å²) < 4.78 is 36.5. The number of benzene rings is 2. The Morgan fingerprint density at radius 1 is 1.10 bits per heavy atom. The molecular weight excluding hydrogens is 392 g/mol. The fourth-order valence-corrected chi connectivity index (χ4v) is 3.95. The van der Waals surface area contributed by atoms with Crippen LogP contribution in [0.4, 0.5) is 5.69 Å². The third-order valence-corrected chi connectivity index (χ3v) is 5.73. The van der Waals surface area contributed by atoms with E-state index >= 15 is 0 Å². The molecule has 1 atom stereocenters. The summed E-state index contributed by atoms with van der Waals surface area (Å²) in [6, 6.07) is 10.4. The monoisotopic (exact) mass is 420 g/mol. The minimum Gasteiger partial charge on any atom is -0.497 e. The molecule has 0 unspecified atom stereocenters. The second-order valence-corrected chi connectivity index (χ2v) is 8.86. The molecule has 2 aromatic rings. The lowest BCUT2D eigenvalue weighted by Gasteiger charge is -2.25. The number of ether oxygens (including phenoxy) is 2. The summed E-state index contributed by atoms with van der Waals surface area (Å²) in [6.45, 7) is 5.17. The van der Waals surface area contributed by atoms with Gasteiger partial charge in [-0.25, -0.2) is 8.42 Å². The van der Waals surface area contributed by atoms with Gasteiger partial charge in [0, 0.05) is 5.56 Å². The summed E-state index contributed by atoms with van der Waals surface area (Å²) in [7, 11) is -0.542. The van der Waals surface area contributed by atoms with Crippen molar-refractivity contribution in [2.24, 2.45) is 0 Å². The Kier molecular flexibility index (Phi) is 7.13. The second kappa shape index (κ2) is 9.17. The van der Waals surface area contributed by atoms with Crippen LogP contribution in [0, 0.1) is 13.8 Å². The summed E-state index contributed by atoms with van der Waals surface area (Å²) in [5, 5.41) is 2.85. The summed E-state index contributed by atoms with van der Waals surface area (Å²) in [6.07, 6.45) is 1.09. The normalized spacial score (nSPS) is 12.2. The Bertz CT molecular complexity index is 989. The molecule has 0 aromatic heterocycles. The molecule has 0 spiro atoms. The highest BCUT2D eigenvalue weighted by molar-refractivity contribution is 7.92. The van der Waals surface area contributed by atoms with Crippen molar-refractivity contribution in [3.63, 3.8) is 0 Å². The maximum atomic E-state index is 12.7. The molecule has 29 heavy (non-hydrogen) atoms. The van der Waals surface area contributed by atoms with Crippen LogP contribution >= 0.6 is 0 Å². The fourth-order valence-electron chi connectivity index (χ4n) is 3.04. The summed E-state index contributed by atoms with van der Waals surface area (Å²) in [5.41, 5.74) is 2.91. The maximum Gasteiger partial charge on any atom is 0.241 e. The zero-order chi connectivity index (χ0) is 21.8. The smallest absolute Gasteiger partial charge is 0.241 e. The minimum atomic E-state index is -3.65. The van der Waals surface area contributed by atoms with Gasteiger partial charge >= 0.3 is 0 Å². The van der Waals surface area contributed by atoms with Gasteiger partial charge in [0.15, 0.2) is 0 Å². The predicted molar refractivity (Wildman–Crippen MR) is 114 cm³/mol. The van der Waals surface area contributed by atoms with Crippen molar-refractivity contribution in [3.05, 3.63) is 53.1 Å². The molecule has 158 valence electrons. The predicted octanol–water partition coefficient (Wildman–Crippen LogP) is 2.96. The van der Waals surface area contributed by atoms with Crippen molar-refractivity contribution in [3.8, 4) is 11.5 Å². The largest absolute Gasteiger partial charge is 0.497 e. The van der Waals surface area contributed by atoms with Crippen molar-refractivity contribution in [2.45, 2.75) is 26.8 Å². The molecule has 0 aliphatic rings. The molecule has 0 saturated heterocycles. The van der Waals surface area contributed by atoms with Crippen molar-refractivity contribution >= 4 is 21.6 Å². The van der Waals surface area contributed by atoms with Crippen molar-refractivity contribution < 1.29 is 22.7 Å². The molecule has 1 amide bonds. The molecule has 0 heterocycles. The molecule has 0 bridgehead atoms. The Labute approximate surface area is 172 Å². The molecule has 2 aromatic carbocycles.